The largest absolute Gasteiger partial charge is 0.371 e. The lowest BCUT2D eigenvalue weighted by molar-refractivity contribution is -0.384. The quantitative estimate of drug-likeness (QED) is 0.458. The molecule has 0 aromatic heterocycles. The van der Waals surface area contributed by atoms with Crippen LogP contribution >= 0.6 is 0 Å². The summed E-state index contributed by atoms with van der Waals surface area (Å²) < 4.78 is 0. The molecule has 0 unspecified atom stereocenters. The first-order valence-corrected chi connectivity index (χ1v) is 7.80. The van der Waals surface area contributed by atoms with Gasteiger partial charge in [-0.2, -0.15) is 0 Å². The summed E-state index contributed by atoms with van der Waals surface area (Å²) in [7, 11) is 0. The Balaban J connectivity index is 2.21. The molecular weight excluding hydrogens is 322 g/mol. The lowest BCUT2D eigenvalue weighted by Gasteiger charge is -2.11. The van der Waals surface area contributed by atoms with Crippen LogP contribution in [0.4, 0.5) is 11.4 Å². The maximum atomic E-state index is 12.4. The first kappa shape index (κ1) is 18.1. The molecule has 0 aliphatic carbocycles. The van der Waals surface area contributed by atoms with Gasteiger partial charge in [0.05, 0.1) is 11.5 Å². The van der Waals surface area contributed by atoms with E-state index < -0.39 is 4.92 Å². The number of benzene rings is 2. The average Bonchev–Trinajstić information content (AvgIpc) is 2.59. The third-order valence-corrected chi connectivity index (χ3v) is 3.38. The predicted molar refractivity (Wildman–Crippen MR) is 94.7 cm³/mol. The van der Waals surface area contributed by atoms with Crippen molar-refractivity contribution in [2.75, 3.05) is 11.9 Å². The second-order valence-corrected chi connectivity index (χ2v) is 5.76. The minimum absolute atomic E-state index is 0.0184. The molecule has 0 saturated heterocycles. The number of nitro groups is 1. The fraction of sp³-hybridized carbons (Fsp3) is 0.222. The van der Waals surface area contributed by atoms with E-state index in [1.807, 2.05) is 13.8 Å². The van der Waals surface area contributed by atoms with Gasteiger partial charge in [-0.15, -0.1) is 0 Å². The summed E-state index contributed by atoms with van der Waals surface area (Å²) in [5, 5.41) is 16.7. The summed E-state index contributed by atoms with van der Waals surface area (Å²) in [6, 6.07) is 12.7. The topological polar surface area (TPSA) is 101 Å². The Hall–Kier alpha value is -3.22. The van der Waals surface area contributed by atoms with E-state index >= 15 is 0 Å². The Morgan fingerprint density at radius 2 is 1.76 bits per heavy atom. The van der Waals surface area contributed by atoms with Gasteiger partial charge >= 0.3 is 0 Å². The van der Waals surface area contributed by atoms with Gasteiger partial charge in [0.2, 0.25) is 5.91 Å². The van der Waals surface area contributed by atoms with Crippen molar-refractivity contribution in [1.82, 2.24) is 5.32 Å². The molecule has 130 valence electrons. The fourth-order valence-electron chi connectivity index (χ4n) is 2.28. The number of hydrogen-bond acceptors (Lipinski definition) is 5. The van der Waals surface area contributed by atoms with E-state index in [1.54, 1.807) is 30.3 Å². The zero-order valence-corrected chi connectivity index (χ0v) is 14.0. The van der Waals surface area contributed by atoms with E-state index in [2.05, 4.69) is 10.6 Å². The van der Waals surface area contributed by atoms with Gasteiger partial charge in [0.25, 0.3) is 5.69 Å². The molecule has 2 aromatic rings. The van der Waals surface area contributed by atoms with Crippen LogP contribution in [0.5, 0.6) is 0 Å². The maximum Gasteiger partial charge on any atom is 0.293 e. The van der Waals surface area contributed by atoms with Crippen molar-refractivity contribution in [2.24, 2.45) is 0 Å². The van der Waals surface area contributed by atoms with E-state index in [-0.39, 0.29) is 41.2 Å². The molecular formula is C18H19N3O4. The van der Waals surface area contributed by atoms with Gasteiger partial charge < -0.3 is 10.6 Å². The number of hydrogen-bond donors (Lipinski definition) is 2. The number of carbonyl (C=O) groups is 2. The highest BCUT2D eigenvalue weighted by molar-refractivity contribution is 6.09. The Morgan fingerprint density at radius 3 is 2.36 bits per heavy atom. The molecule has 2 N–H and O–H groups in total. The molecule has 0 saturated carbocycles. The predicted octanol–water partition coefficient (Wildman–Crippen LogP) is 2.76. The molecule has 2 aromatic carbocycles. The Labute approximate surface area is 145 Å². The van der Waals surface area contributed by atoms with Gasteiger partial charge in [0.1, 0.15) is 5.69 Å². The van der Waals surface area contributed by atoms with Crippen LogP contribution in [-0.4, -0.2) is 29.2 Å². The molecule has 0 spiro atoms. The Bertz CT molecular complexity index is 788. The Morgan fingerprint density at radius 1 is 1.08 bits per heavy atom. The molecule has 0 atom stereocenters. The normalized spacial score (nSPS) is 10.4. The van der Waals surface area contributed by atoms with Gasteiger partial charge in [-0.1, -0.05) is 30.3 Å². The van der Waals surface area contributed by atoms with Crippen molar-refractivity contribution in [3.8, 4) is 0 Å². The third-order valence-electron chi connectivity index (χ3n) is 3.38. The van der Waals surface area contributed by atoms with Gasteiger partial charge in [-0.25, -0.2) is 0 Å². The smallest absolute Gasteiger partial charge is 0.293 e. The highest BCUT2D eigenvalue weighted by Crippen LogP contribution is 2.26. The zero-order chi connectivity index (χ0) is 18.4. The van der Waals surface area contributed by atoms with Gasteiger partial charge in [0, 0.05) is 23.2 Å². The summed E-state index contributed by atoms with van der Waals surface area (Å²) in [5.74, 6) is -0.568. The van der Waals surface area contributed by atoms with Crippen LogP contribution < -0.4 is 10.6 Å². The first-order valence-electron chi connectivity index (χ1n) is 7.80. The van der Waals surface area contributed by atoms with E-state index in [4.69, 9.17) is 0 Å². The minimum atomic E-state index is -0.579. The molecule has 0 aliphatic heterocycles. The van der Waals surface area contributed by atoms with Crippen molar-refractivity contribution in [3.05, 3.63) is 69.8 Å². The van der Waals surface area contributed by atoms with Crippen LogP contribution in [0.1, 0.15) is 29.8 Å². The minimum Gasteiger partial charge on any atom is -0.371 e. The van der Waals surface area contributed by atoms with E-state index in [9.17, 15) is 19.7 Å². The molecule has 2 rings (SSSR count). The monoisotopic (exact) mass is 341 g/mol. The maximum absolute atomic E-state index is 12.4. The summed E-state index contributed by atoms with van der Waals surface area (Å²) in [6.07, 6.45) is 0. The van der Waals surface area contributed by atoms with Crippen molar-refractivity contribution < 1.29 is 14.5 Å². The molecule has 0 bridgehead atoms. The third kappa shape index (κ3) is 4.87. The second kappa shape index (κ2) is 8.05. The summed E-state index contributed by atoms with van der Waals surface area (Å²) >= 11 is 0. The van der Waals surface area contributed by atoms with Crippen molar-refractivity contribution in [2.45, 2.75) is 19.9 Å². The van der Waals surface area contributed by atoms with Gasteiger partial charge in [0.15, 0.2) is 5.78 Å². The lowest BCUT2D eigenvalue weighted by atomic mass is 10.0. The van der Waals surface area contributed by atoms with Crippen LogP contribution in [0.2, 0.25) is 0 Å². The molecule has 1 amide bonds. The summed E-state index contributed by atoms with van der Waals surface area (Å²) in [5.41, 5.74) is 0.608. The van der Waals surface area contributed by atoms with E-state index in [1.165, 1.54) is 18.2 Å². The van der Waals surface area contributed by atoms with E-state index in [0.29, 0.717) is 5.56 Å². The number of ketones is 1. The number of nitrogens with one attached hydrogen (secondary N) is 2. The molecule has 25 heavy (non-hydrogen) atoms. The van der Waals surface area contributed by atoms with Crippen LogP contribution in [0.25, 0.3) is 0 Å². The van der Waals surface area contributed by atoms with Crippen LogP contribution in [0, 0.1) is 10.1 Å². The molecule has 0 fully saturated rings. The van der Waals surface area contributed by atoms with E-state index in [0.717, 1.165) is 0 Å². The lowest BCUT2D eigenvalue weighted by Crippen LogP contribution is -2.34. The number of anilines is 1. The van der Waals surface area contributed by atoms with Crippen molar-refractivity contribution in [1.29, 1.82) is 0 Å². The molecule has 7 nitrogen and oxygen atoms in total. The van der Waals surface area contributed by atoms with Crippen LogP contribution in [0.3, 0.4) is 0 Å². The molecule has 0 heterocycles. The number of nitro benzene ring substituents is 1. The SMILES string of the molecule is CC(C)NC(=O)CNc1ccc(C(=O)c2ccccc2)cc1[N+](=O)[O-]. The molecule has 7 heteroatoms. The number of carbonyl (C=O) groups excluding carboxylic acids is 2. The number of nitrogens with zero attached hydrogens (tertiary/aromatic N) is 1. The fourth-order valence-corrected chi connectivity index (χ4v) is 2.28. The zero-order valence-electron chi connectivity index (χ0n) is 14.0. The van der Waals surface area contributed by atoms with Crippen molar-refractivity contribution in [3.63, 3.8) is 0 Å². The van der Waals surface area contributed by atoms with Gasteiger partial charge in [-0.3, -0.25) is 19.7 Å². The highest BCUT2D eigenvalue weighted by Gasteiger charge is 2.19. The molecule has 0 aliphatic rings. The Kier molecular flexibility index (Phi) is 5.84. The number of amides is 1. The standard InChI is InChI=1S/C18H19N3O4/c1-12(2)20-17(22)11-19-15-9-8-14(10-16(15)21(24)25)18(23)13-6-4-3-5-7-13/h3-10,12,19H,11H2,1-2H3,(H,20,22). The average molecular weight is 341 g/mol. The van der Waals surface area contributed by atoms with Crippen LogP contribution in [0.15, 0.2) is 48.5 Å². The first-order chi connectivity index (χ1) is 11.9. The van der Waals surface area contributed by atoms with Gasteiger partial charge in [-0.05, 0) is 26.0 Å². The van der Waals surface area contributed by atoms with Crippen molar-refractivity contribution >= 4 is 23.1 Å². The van der Waals surface area contributed by atoms with Crippen LogP contribution in [-0.2, 0) is 4.79 Å². The number of rotatable bonds is 7. The highest BCUT2D eigenvalue weighted by atomic mass is 16.6. The molecule has 0 radical (unpaired) electrons. The second-order valence-electron chi connectivity index (χ2n) is 5.76. The summed E-state index contributed by atoms with van der Waals surface area (Å²) in [4.78, 5) is 34.8. The summed E-state index contributed by atoms with van der Waals surface area (Å²) in [6.45, 7) is 3.56.